The molecule has 1 aliphatic rings. The molecule has 1 fully saturated rings. The number of rotatable bonds is 4. The van der Waals surface area contributed by atoms with Gasteiger partial charge in [-0.3, -0.25) is 0 Å². The maximum absolute atomic E-state index is 5.99. The number of hydrogen-bond donors (Lipinski definition) is 2. The second-order valence-corrected chi connectivity index (χ2v) is 5.16. The van der Waals surface area contributed by atoms with E-state index in [-0.39, 0.29) is 0 Å². The molecule has 1 unspecified atom stereocenters. The second-order valence-electron chi connectivity index (χ2n) is 4.75. The van der Waals surface area contributed by atoms with Crippen LogP contribution in [0, 0.1) is 0 Å². The number of halogens is 1. The zero-order valence-corrected chi connectivity index (χ0v) is 11.0. The van der Waals surface area contributed by atoms with Gasteiger partial charge in [0, 0.05) is 12.6 Å². The second kappa shape index (κ2) is 5.61. The Labute approximate surface area is 108 Å². The van der Waals surface area contributed by atoms with Gasteiger partial charge in [-0.05, 0) is 45.0 Å². The number of hydrogen-bond acceptors (Lipinski definition) is 3. The number of anilines is 2. The van der Waals surface area contributed by atoms with Gasteiger partial charge >= 0.3 is 0 Å². The molecule has 1 saturated heterocycles. The highest BCUT2D eigenvalue weighted by Crippen LogP contribution is 2.27. The third-order valence-corrected chi connectivity index (χ3v) is 3.52. The SMILES string of the molecule is CC(CN1CCCC1)Nc1cccc(Cl)c1N. The van der Waals surface area contributed by atoms with Gasteiger partial charge < -0.3 is 16.0 Å². The average molecular weight is 254 g/mol. The molecule has 1 aliphatic heterocycles. The Morgan fingerprint density at radius 3 is 2.82 bits per heavy atom. The van der Waals surface area contributed by atoms with Crippen molar-refractivity contribution in [3.05, 3.63) is 23.2 Å². The minimum Gasteiger partial charge on any atom is -0.396 e. The topological polar surface area (TPSA) is 41.3 Å². The molecule has 0 aromatic heterocycles. The summed E-state index contributed by atoms with van der Waals surface area (Å²) < 4.78 is 0. The maximum Gasteiger partial charge on any atom is 0.0739 e. The number of nitrogen functional groups attached to an aromatic ring is 1. The van der Waals surface area contributed by atoms with Gasteiger partial charge in [-0.15, -0.1) is 0 Å². The largest absolute Gasteiger partial charge is 0.396 e. The van der Waals surface area contributed by atoms with E-state index in [1.165, 1.54) is 25.9 Å². The molecule has 2 rings (SSSR count). The molecule has 1 aromatic rings. The smallest absolute Gasteiger partial charge is 0.0739 e. The summed E-state index contributed by atoms with van der Waals surface area (Å²) >= 11 is 5.99. The van der Waals surface area contributed by atoms with Gasteiger partial charge in [0.15, 0.2) is 0 Å². The first-order chi connectivity index (χ1) is 8.16. The van der Waals surface area contributed by atoms with Crippen LogP contribution in [0.3, 0.4) is 0 Å². The minimum absolute atomic E-state index is 0.383. The number of nitrogens with zero attached hydrogens (tertiary/aromatic N) is 1. The number of benzene rings is 1. The normalized spacial score (nSPS) is 18.2. The molecular weight excluding hydrogens is 234 g/mol. The molecule has 17 heavy (non-hydrogen) atoms. The van der Waals surface area contributed by atoms with Crippen molar-refractivity contribution < 1.29 is 0 Å². The van der Waals surface area contributed by atoms with Gasteiger partial charge in [0.25, 0.3) is 0 Å². The van der Waals surface area contributed by atoms with E-state index in [0.717, 1.165) is 12.2 Å². The van der Waals surface area contributed by atoms with Crippen molar-refractivity contribution in [3.63, 3.8) is 0 Å². The highest BCUT2D eigenvalue weighted by molar-refractivity contribution is 6.33. The molecule has 0 saturated carbocycles. The molecule has 0 aliphatic carbocycles. The molecule has 4 heteroatoms. The summed E-state index contributed by atoms with van der Waals surface area (Å²) in [6, 6.07) is 6.09. The number of nitrogens with two attached hydrogens (primary N) is 1. The Hall–Kier alpha value is -0.930. The summed E-state index contributed by atoms with van der Waals surface area (Å²) in [4.78, 5) is 2.48. The van der Waals surface area contributed by atoms with Gasteiger partial charge in [0.1, 0.15) is 0 Å². The lowest BCUT2D eigenvalue weighted by Gasteiger charge is -2.22. The van der Waals surface area contributed by atoms with Crippen LogP contribution in [-0.2, 0) is 0 Å². The third kappa shape index (κ3) is 3.27. The van der Waals surface area contributed by atoms with E-state index in [1.54, 1.807) is 0 Å². The van der Waals surface area contributed by atoms with Crippen LogP contribution in [0.2, 0.25) is 5.02 Å². The third-order valence-electron chi connectivity index (χ3n) is 3.19. The van der Waals surface area contributed by atoms with Crippen LogP contribution in [0.15, 0.2) is 18.2 Å². The molecule has 0 amide bonds. The Morgan fingerprint density at radius 1 is 1.41 bits per heavy atom. The fourth-order valence-corrected chi connectivity index (χ4v) is 2.50. The van der Waals surface area contributed by atoms with Gasteiger partial charge in [-0.2, -0.15) is 0 Å². The molecule has 1 aromatic carbocycles. The first-order valence-corrected chi connectivity index (χ1v) is 6.57. The molecule has 3 N–H and O–H groups in total. The van der Waals surface area contributed by atoms with Crippen LogP contribution in [0.4, 0.5) is 11.4 Å². The molecule has 0 radical (unpaired) electrons. The van der Waals surface area contributed by atoms with E-state index >= 15 is 0 Å². The van der Waals surface area contributed by atoms with Crippen molar-refractivity contribution in [1.29, 1.82) is 0 Å². The minimum atomic E-state index is 0.383. The average Bonchev–Trinajstić information content (AvgIpc) is 2.77. The van der Waals surface area contributed by atoms with Gasteiger partial charge in [0.05, 0.1) is 16.4 Å². The van der Waals surface area contributed by atoms with Gasteiger partial charge in [-0.25, -0.2) is 0 Å². The summed E-state index contributed by atoms with van der Waals surface area (Å²) in [5, 5.41) is 4.04. The zero-order valence-electron chi connectivity index (χ0n) is 10.2. The van der Waals surface area contributed by atoms with Gasteiger partial charge in [0.2, 0.25) is 0 Å². The summed E-state index contributed by atoms with van der Waals surface area (Å²) in [6.45, 7) is 5.68. The molecule has 0 bridgehead atoms. The Kier molecular flexibility index (Phi) is 4.13. The molecule has 1 heterocycles. The van der Waals surface area contributed by atoms with Crippen LogP contribution < -0.4 is 11.1 Å². The van der Waals surface area contributed by atoms with Crippen molar-refractivity contribution >= 4 is 23.0 Å². The zero-order chi connectivity index (χ0) is 12.3. The Balaban J connectivity index is 1.93. The highest BCUT2D eigenvalue weighted by Gasteiger charge is 2.15. The molecule has 0 spiro atoms. The van der Waals surface area contributed by atoms with Crippen LogP contribution in [0.5, 0.6) is 0 Å². The van der Waals surface area contributed by atoms with Crippen LogP contribution in [0.25, 0.3) is 0 Å². The summed E-state index contributed by atoms with van der Waals surface area (Å²) in [5.41, 5.74) is 7.51. The van der Waals surface area contributed by atoms with E-state index in [2.05, 4.69) is 17.1 Å². The summed E-state index contributed by atoms with van der Waals surface area (Å²) in [5.74, 6) is 0. The van der Waals surface area contributed by atoms with E-state index in [4.69, 9.17) is 17.3 Å². The van der Waals surface area contributed by atoms with Crippen LogP contribution >= 0.6 is 11.6 Å². The van der Waals surface area contributed by atoms with E-state index in [0.29, 0.717) is 16.8 Å². The van der Waals surface area contributed by atoms with E-state index in [9.17, 15) is 0 Å². The standard InChI is InChI=1S/C13H20ClN3/c1-10(9-17-7-2-3-8-17)16-12-6-4-5-11(14)13(12)15/h4-6,10,16H,2-3,7-9,15H2,1H3. The van der Waals surface area contributed by atoms with Gasteiger partial charge in [-0.1, -0.05) is 17.7 Å². The summed E-state index contributed by atoms with van der Waals surface area (Å²) in [7, 11) is 0. The van der Waals surface area contributed by atoms with Crippen molar-refractivity contribution in [1.82, 2.24) is 4.90 Å². The predicted octanol–water partition coefficient (Wildman–Crippen LogP) is 2.82. The Bertz CT molecular complexity index is 375. The van der Waals surface area contributed by atoms with Crippen molar-refractivity contribution in [2.75, 3.05) is 30.7 Å². The molecule has 3 nitrogen and oxygen atoms in total. The van der Waals surface area contributed by atoms with Crippen molar-refractivity contribution in [3.8, 4) is 0 Å². The van der Waals surface area contributed by atoms with Crippen LogP contribution in [-0.4, -0.2) is 30.6 Å². The van der Waals surface area contributed by atoms with Crippen LogP contribution in [0.1, 0.15) is 19.8 Å². The van der Waals surface area contributed by atoms with Crippen molar-refractivity contribution in [2.45, 2.75) is 25.8 Å². The predicted molar refractivity (Wildman–Crippen MR) is 74.6 cm³/mol. The fraction of sp³-hybridized carbons (Fsp3) is 0.538. The molecule has 94 valence electrons. The number of nitrogens with one attached hydrogen (secondary N) is 1. The summed E-state index contributed by atoms with van der Waals surface area (Å²) in [6.07, 6.45) is 2.65. The highest BCUT2D eigenvalue weighted by atomic mass is 35.5. The quantitative estimate of drug-likeness (QED) is 0.811. The number of likely N-dealkylation sites (tertiary alicyclic amines) is 1. The first kappa shape index (κ1) is 12.5. The Morgan fingerprint density at radius 2 is 2.12 bits per heavy atom. The van der Waals surface area contributed by atoms with Crippen molar-refractivity contribution in [2.24, 2.45) is 0 Å². The van der Waals surface area contributed by atoms with E-state index in [1.807, 2.05) is 18.2 Å². The molecular formula is C13H20ClN3. The fourth-order valence-electron chi connectivity index (χ4n) is 2.33. The van der Waals surface area contributed by atoms with E-state index < -0.39 is 0 Å². The lowest BCUT2D eigenvalue weighted by atomic mass is 10.2. The lowest BCUT2D eigenvalue weighted by molar-refractivity contribution is 0.328. The monoisotopic (exact) mass is 253 g/mol. The molecule has 1 atom stereocenters. The lowest BCUT2D eigenvalue weighted by Crippen LogP contribution is -2.33. The maximum atomic E-state index is 5.99. The number of para-hydroxylation sites is 1. The first-order valence-electron chi connectivity index (χ1n) is 6.19.